The van der Waals surface area contributed by atoms with E-state index in [0.717, 1.165) is 61.2 Å². The van der Waals surface area contributed by atoms with Crippen molar-refractivity contribution < 1.29 is 19.1 Å². The molecule has 1 N–H and O–H groups in total. The molecule has 190 valence electrons. The topological polar surface area (TPSA) is 119 Å². The van der Waals surface area contributed by atoms with Gasteiger partial charge in [0.2, 0.25) is 17.7 Å². The number of aromatic nitrogens is 4. The number of piperidine rings is 1. The number of carbonyl (C=O) groups excluding carboxylic acids is 2. The molecule has 0 saturated carbocycles. The maximum absolute atomic E-state index is 11.8. The van der Waals surface area contributed by atoms with Gasteiger partial charge in [-0.2, -0.15) is 0 Å². The van der Waals surface area contributed by atoms with E-state index in [1.807, 2.05) is 31.5 Å². The highest BCUT2D eigenvalue weighted by atomic mass is 32.2. The van der Waals surface area contributed by atoms with Crippen molar-refractivity contribution in [1.29, 1.82) is 0 Å². The van der Waals surface area contributed by atoms with Crippen LogP contribution in [0.4, 0.5) is 10.7 Å². The smallest absolute Gasteiger partial charge is 0.290 e. The van der Waals surface area contributed by atoms with Crippen molar-refractivity contribution in [3.8, 4) is 17.5 Å². The van der Waals surface area contributed by atoms with Crippen molar-refractivity contribution >= 4 is 34.9 Å². The van der Waals surface area contributed by atoms with Gasteiger partial charge in [0.25, 0.3) is 11.1 Å². The minimum atomic E-state index is -0.400. The first-order valence-electron chi connectivity index (χ1n) is 12.1. The summed E-state index contributed by atoms with van der Waals surface area (Å²) in [6.07, 6.45) is 9.42. The highest BCUT2D eigenvalue weighted by Gasteiger charge is 2.25. The van der Waals surface area contributed by atoms with Gasteiger partial charge in [-0.25, -0.2) is 19.9 Å². The average molecular weight is 519 g/mol. The molecule has 2 aliphatic heterocycles. The van der Waals surface area contributed by atoms with Crippen molar-refractivity contribution in [1.82, 2.24) is 25.3 Å². The van der Waals surface area contributed by atoms with Crippen LogP contribution in [0, 0.1) is 6.92 Å². The number of thioether (sulfide) groups is 1. The van der Waals surface area contributed by atoms with Crippen LogP contribution in [-0.2, 0) is 11.2 Å². The molecule has 2 aliphatic rings. The van der Waals surface area contributed by atoms with Crippen LogP contribution < -0.4 is 19.7 Å². The normalized spacial score (nSPS) is 17.2. The Labute approximate surface area is 218 Å². The maximum Gasteiger partial charge on any atom is 0.290 e. The lowest BCUT2D eigenvalue weighted by Crippen LogP contribution is -2.39. The summed E-state index contributed by atoms with van der Waals surface area (Å²) >= 11 is 0.873. The van der Waals surface area contributed by atoms with Crippen LogP contribution in [0.15, 0.2) is 47.9 Å². The van der Waals surface area contributed by atoms with E-state index in [-0.39, 0.29) is 11.3 Å². The molecule has 0 bridgehead atoms. The number of nitrogens with zero attached hydrogens (tertiary/aromatic N) is 5. The van der Waals surface area contributed by atoms with E-state index in [2.05, 4.69) is 37.1 Å². The Kier molecular flexibility index (Phi) is 7.31. The predicted octanol–water partition coefficient (Wildman–Crippen LogP) is 4.30. The third-order valence-electron chi connectivity index (χ3n) is 6.11. The first-order chi connectivity index (χ1) is 18.0. The number of hydrogen-bond donors (Lipinski definition) is 1. The Hall–Kier alpha value is -3.99. The molecule has 37 heavy (non-hydrogen) atoms. The van der Waals surface area contributed by atoms with Crippen molar-refractivity contribution in [2.45, 2.75) is 39.2 Å². The van der Waals surface area contributed by atoms with Gasteiger partial charge < -0.3 is 14.4 Å². The van der Waals surface area contributed by atoms with Gasteiger partial charge in [-0.1, -0.05) is 19.1 Å². The van der Waals surface area contributed by atoms with Crippen LogP contribution in [0.25, 0.3) is 6.08 Å². The molecule has 1 aromatic carbocycles. The minimum Gasteiger partial charge on any atom is -0.474 e. The Morgan fingerprint density at radius 1 is 1.11 bits per heavy atom. The lowest BCUT2D eigenvalue weighted by Gasteiger charge is -2.32. The Morgan fingerprint density at radius 2 is 1.86 bits per heavy atom. The van der Waals surface area contributed by atoms with Crippen molar-refractivity contribution in [3.05, 3.63) is 64.6 Å². The van der Waals surface area contributed by atoms with Gasteiger partial charge in [0.1, 0.15) is 18.2 Å². The fraction of sp³-hybridized carbons (Fsp3) is 0.308. The van der Waals surface area contributed by atoms with E-state index >= 15 is 0 Å². The standard InChI is InChI=1S/C26H26N6O4S/c1-3-17-13-27-25(28-14-17)32-9-7-19(8-10-32)35-23-16(2)24(30-15-29-23)36-20-6-4-5-18(11-20)12-21-22(33)31-26(34)37-21/h4-6,11-15,19H,3,7-10H2,1-2H3,(H,31,33,34)/b21-12-. The SMILES string of the molecule is CCc1cnc(N2CCC(Oc3ncnc(Oc4cccc(/C=C5\SC(=O)NC5=O)c4)c3C)CC2)nc1. The van der Waals surface area contributed by atoms with Crippen LogP contribution in [-0.4, -0.2) is 50.3 Å². The third kappa shape index (κ3) is 5.88. The van der Waals surface area contributed by atoms with Gasteiger partial charge in [0.05, 0.1) is 10.5 Å². The van der Waals surface area contributed by atoms with E-state index < -0.39 is 5.91 Å². The number of ether oxygens (including phenoxy) is 2. The summed E-state index contributed by atoms with van der Waals surface area (Å²) in [5, 5.41) is 1.87. The summed E-state index contributed by atoms with van der Waals surface area (Å²) in [7, 11) is 0. The summed E-state index contributed by atoms with van der Waals surface area (Å²) in [4.78, 5) is 43.3. The van der Waals surface area contributed by atoms with Crippen LogP contribution >= 0.6 is 11.8 Å². The number of hydrogen-bond acceptors (Lipinski definition) is 10. The Bertz CT molecular complexity index is 1340. The zero-order valence-electron chi connectivity index (χ0n) is 20.5. The van der Waals surface area contributed by atoms with Gasteiger partial charge in [-0.3, -0.25) is 14.9 Å². The fourth-order valence-corrected chi connectivity index (χ4v) is 4.70. The number of anilines is 1. The number of aryl methyl sites for hydroxylation is 1. The second-order valence-electron chi connectivity index (χ2n) is 8.68. The Balaban J connectivity index is 1.22. The molecule has 2 aromatic heterocycles. The van der Waals surface area contributed by atoms with Crippen molar-refractivity contribution in [2.24, 2.45) is 0 Å². The van der Waals surface area contributed by atoms with Gasteiger partial charge in [0, 0.05) is 38.3 Å². The maximum atomic E-state index is 11.8. The van der Waals surface area contributed by atoms with Crippen molar-refractivity contribution in [3.63, 3.8) is 0 Å². The minimum absolute atomic E-state index is 0.0142. The molecule has 2 saturated heterocycles. The van der Waals surface area contributed by atoms with Crippen LogP contribution in [0.2, 0.25) is 0 Å². The van der Waals surface area contributed by atoms with E-state index in [1.54, 1.807) is 18.2 Å². The summed E-state index contributed by atoms with van der Waals surface area (Å²) in [5.41, 5.74) is 2.55. The van der Waals surface area contributed by atoms with Gasteiger partial charge in [-0.15, -0.1) is 0 Å². The van der Waals surface area contributed by atoms with E-state index in [9.17, 15) is 9.59 Å². The van der Waals surface area contributed by atoms with Crippen LogP contribution in [0.3, 0.4) is 0 Å². The second-order valence-corrected chi connectivity index (χ2v) is 9.70. The molecule has 3 aromatic rings. The monoisotopic (exact) mass is 518 g/mol. The molecule has 0 unspecified atom stereocenters. The van der Waals surface area contributed by atoms with Gasteiger partial charge in [0.15, 0.2) is 0 Å². The molecular weight excluding hydrogens is 492 g/mol. The fourth-order valence-electron chi connectivity index (χ4n) is 4.02. The molecule has 0 aliphatic carbocycles. The molecule has 2 fully saturated rings. The molecule has 10 nitrogen and oxygen atoms in total. The molecule has 11 heteroatoms. The molecule has 5 rings (SSSR count). The number of nitrogens with one attached hydrogen (secondary N) is 1. The second kappa shape index (κ2) is 11.0. The zero-order chi connectivity index (χ0) is 25.8. The van der Waals surface area contributed by atoms with Gasteiger partial charge in [-0.05, 0) is 54.4 Å². The quantitative estimate of drug-likeness (QED) is 0.453. The lowest BCUT2D eigenvalue weighted by atomic mass is 10.1. The molecule has 4 heterocycles. The highest BCUT2D eigenvalue weighted by molar-refractivity contribution is 8.18. The number of benzene rings is 1. The van der Waals surface area contributed by atoms with Gasteiger partial charge >= 0.3 is 0 Å². The Morgan fingerprint density at radius 3 is 2.57 bits per heavy atom. The summed E-state index contributed by atoms with van der Waals surface area (Å²) < 4.78 is 12.3. The summed E-state index contributed by atoms with van der Waals surface area (Å²) in [6, 6.07) is 7.20. The van der Waals surface area contributed by atoms with E-state index in [1.165, 1.54) is 6.33 Å². The zero-order valence-corrected chi connectivity index (χ0v) is 21.3. The summed E-state index contributed by atoms with van der Waals surface area (Å²) in [6.45, 7) is 5.55. The summed E-state index contributed by atoms with van der Waals surface area (Å²) in [5.74, 6) is 1.77. The van der Waals surface area contributed by atoms with Crippen molar-refractivity contribution in [2.75, 3.05) is 18.0 Å². The number of imide groups is 1. The van der Waals surface area contributed by atoms with E-state index in [0.29, 0.717) is 28.0 Å². The highest BCUT2D eigenvalue weighted by Crippen LogP contribution is 2.31. The number of rotatable bonds is 7. The molecular formula is C26H26N6O4S. The van der Waals surface area contributed by atoms with E-state index in [4.69, 9.17) is 9.47 Å². The third-order valence-corrected chi connectivity index (χ3v) is 6.92. The lowest BCUT2D eigenvalue weighted by molar-refractivity contribution is -0.115. The first-order valence-corrected chi connectivity index (χ1v) is 12.9. The predicted molar refractivity (Wildman–Crippen MR) is 140 cm³/mol. The molecule has 0 radical (unpaired) electrons. The van der Waals surface area contributed by atoms with Crippen LogP contribution in [0.5, 0.6) is 17.5 Å². The number of amides is 2. The van der Waals surface area contributed by atoms with Crippen LogP contribution in [0.1, 0.15) is 36.5 Å². The molecule has 0 atom stereocenters. The molecule has 2 amide bonds. The first kappa shape index (κ1) is 24.7. The number of carbonyl (C=O) groups is 2. The molecule has 0 spiro atoms. The largest absolute Gasteiger partial charge is 0.474 e. The average Bonchev–Trinajstić information content (AvgIpc) is 3.23.